The van der Waals surface area contributed by atoms with Crippen molar-refractivity contribution in [3.63, 3.8) is 0 Å². The van der Waals surface area contributed by atoms with Crippen LogP contribution in [0.4, 0.5) is 5.69 Å². The van der Waals surface area contributed by atoms with E-state index < -0.39 is 11.2 Å². The molecule has 0 aliphatic heterocycles. The zero-order valence-electron chi connectivity index (χ0n) is 14.9. The van der Waals surface area contributed by atoms with Gasteiger partial charge in [-0.2, -0.15) is 0 Å². The van der Waals surface area contributed by atoms with E-state index in [4.69, 9.17) is 0 Å². The molecule has 9 heteroatoms. The predicted molar refractivity (Wildman–Crippen MR) is 102 cm³/mol. The Kier molecular flexibility index (Phi) is 4.73. The number of anilines is 1. The molecule has 0 saturated carbocycles. The lowest BCUT2D eigenvalue weighted by Crippen LogP contribution is -2.37. The minimum absolute atomic E-state index is 0.138. The van der Waals surface area contributed by atoms with Gasteiger partial charge >= 0.3 is 5.69 Å². The molecule has 2 heterocycles. The molecule has 2 aromatic heterocycles. The number of nitrogens with one attached hydrogen (secondary N) is 1. The average molecular weight is 373 g/mol. The van der Waals surface area contributed by atoms with Crippen LogP contribution in [-0.4, -0.2) is 30.3 Å². The van der Waals surface area contributed by atoms with Crippen LogP contribution in [0.3, 0.4) is 0 Å². The Morgan fingerprint density at radius 1 is 1.15 bits per heavy atom. The van der Waals surface area contributed by atoms with Gasteiger partial charge < -0.3 is 9.88 Å². The number of fused-ring (bicyclic) bond motifs is 1. The lowest BCUT2D eigenvalue weighted by Gasteiger charge is -2.06. The summed E-state index contributed by atoms with van der Waals surface area (Å²) < 4.78 is 3.98. The number of carbonyl (C=O) groups is 1. The van der Waals surface area contributed by atoms with Gasteiger partial charge in [-0.3, -0.25) is 18.7 Å². The number of benzene rings is 1. The number of hydrogen-bond donors (Lipinski definition) is 1. The molecular weight excluding hydrogens is 354 g/mol. The van der Waals surface area contributed by atoms with Gasteiger partial charge in [0.05, 0.1) is 5.75 Å². The van der Waals surface area contributed by atoms with Crippen molar-refractivity contribution in [3.05, 3.63) is 50.7 Å². The Morgan fingerprint density at radius 2 is 1.88 bits per heavy atom. The predicted octanol–water partition coefficient (Wildman–Crippen LogP) is 1.01. The molecule has 1 aromatic carbocycles. The van der Waals surface area contributed by atoms with Crippen LogP contribution in [0.25, 0.3) is 11.2 Å². The Labute approximate surface area is 153 Å². The van der Waals surface area contributed by atoms with Crippen LogP contribution in [0.15, 0.2) is 39.0 Å². The van der Waals surface area contributed by atoms with Crippen molar-refractivity contribution in [2.75, 3.05) is 11.1 Å². The second kappa shape index (κ2) is 6.83. The van der Waals surface area contributed by atoms with Gasteiger partial charge in [-0.15, -0.1) is 0 Å². The fraction of sp³-hybridized carbons (Fsp3) is 0.294. The number of thioether (sulfide) groups is 1. The van der Waals surface area contributed by atoms with Crippen molar-refractivity contribution in [2.24, 2.45) is 21.1 Å². The van der Waals surface area contributed by atoms with E-state index in [0.717, 1.165) is 15.8 Å². The molecule has 0 unspecified atom stereocenters. The van der Waals surface area contributed by atoms with Crippen LogP contribution >= 0.6 is 11.8 Å². The maximum Gasteiger partial charge on any atom is 0.332 e. The molecule has 3 aromatic rings. The van der Waals surface area contributed by atoms with Gasteiger partial charge in [0.25, 0.3) is 5.56 Å². The first-order chi connectivity index (χ1) is 12.3. The second-order valence-corrected chi connectivity index (χ2v) is 6.98. The fourth-order valence-corrected chi connectivity index (χ4v) is 3.45. The van der Waals surface area contributed by atoms with Gasteiger partial charge in [0, 0.05) is 26.8 Å². The summed E-state index contributed by atoms with van der Waals surface area (Å²) in [4.78, 5) is 40.9. The van der Waals surface area contributed by atoms with E-state index in [9.17, 15) is 14.4 Å². The molecule has 0 atom stereocenters. The van der Waals surface area contributed by atoms with Crippen LogP contribution in [0, 0.1) is 6.92 Å². The van der Waals surface area contributed by atoms with E-state index in [1.807, 2.05) is 31.2 Å². The summed E-state index contributed by atoms with van der Waals surface area (Å²) in [5, 5.41) is 3.33. The Hall–Kier alpha value is -2.81. The Bertz CT molecular complexity index is 1130. The first-order valence-electron chi connectivity index (χ1n) is 7.91. The highest BCUT2D eigenvalue weighted by atomic mass is 32.2. The van der Waals surface area contributed by atoms with Gasteiger partial charge in [-0.25, -0.2) is 9.78 Å². The monoisotopic (exact) mass is 373 g/mol. The number of amides is 1. The summed E-state index contributed by atoms with van der Waals surface area (Å²) >= 11 is 1.21. The molecule has 1 amide bonds. The van der Waals surface area contributed by atoms with Crippen LogP contribution in [0.5, 0.6) is 0 Å². The minimum Gasteiger partial charge on any atom is -0.325 e. The zero-order chi connectivity index (χ0) is 19.0. The molecule has 1 N–H and O–H groups in total. The highest BCUT2D eigenvalue weighted by molar-refractivity contribution is 7.99. The number of rotatable bonds is 4. The highest BCUT2D eigenvalue weighted by Crippen LogP contribution is 2.20. The lowest BCUT2D eigenvalue weighted by atomic mass is 10.2. The minimum atomic E-state index is -0.436. The van der Waals surface area contributed by atoms with Gasteiger partial charge in [0.1, 0.15) is 0 Å². The number of aromatic nitrogens is 4. The van der Waals surface area contributed by atoms with E-state index >= 15 is 0 Å². The van der Waals surface area contributed by atoms with E-state index in [1.165, 1.54) is 23.4 Å². The number of hydrogen-bond acceptors (Lipinski definition) is 5. The summed E-state index contributed by atoms with van der Waals surface area (Å²) in [5.41, 5.74) is 1.58. The molecule has 0 aliphatic rings. The van der Waals surface area contributed by atoms with Crippen LogP contribution in [-0.2, 0) is 25.9 Å². The number of aryl methyl sites for hydroxylation is 3. The molecular formula is C17H19N5O3S. The highest BCUT2D eigenvalue weighted by Gasteiger charge is 2.18. The SMILES string of the molecule is Cc1cccc(NC(=O)CSc2nc3c(c(=O)n(C)c(=O)n3C)n2C)c1. The fourth-order valence-electron chi connectivity index (χ4n) is 2.68. The zero-order valence-corrected chi connectivity index (χ0v) is 15.8. The third kappa shape index (κ3) is 3.17. The van der Waals surface area contributed by atoms with Crippen molar-refractivity contribution in [1.29, 1.82) is 0 Å². The first-order valence-corrected chi connectivity index (χ1v) is 8.90. The van der Waals surface area contributed by atoms with E-state index in [2.05, 4.69) is 10.3 Å². The maximum absolute atomic E-state index is 12.3. The van der Waals surface area contributed by atoms with Gasteiger partial charge in [0.2, 0.25) is 5.91 Å². The van der Waals surface area contributed by atoms with Crippen LogP contribution < -0.4 is 16.6 Å². The van der Waals surface area contributed by atoms with Crippen molar-refractivity contribution >= 4 is 34.5 Å². The van der Waals surface area contributed by atoms with Crippen LogP contribution in [0.1, 0.15) is 5.56 Å². The van der Waals surface area contributed by atoms with E-state index in [1.54, 1.807) is 18.7 Å². The summed E-state index contributed by atoms with van der Waals surface area (Å²) in [6.45, 7) is 1.95. The normalized spacial score (nSPS) is 11.1. The van der Waals surface area contributed by atoms with Gasteiger partial charge in [-0.05, 0) is 24.6 Å². The standard InChI is InChI=1S/C17H19N5O3S/c1-10-6-5-7-11(8-10)18-12(23)9-26-16-19-14-13(20(16)2)15(24)22(4)17(25)21(14)3/h5-8H,9H2,1-4H3,(H,18,23). The molecule has 0 radical (unpaired) electrons. The molecule has 0 bridgehead atoms. The van der Waals surface area contributed by atoms with Crippen molar-refractivity contribution in [2.45, 2.75) is 12.1 Å². The number of carbonyl (C=O) groups excluding carboxylic acids is 1. The second-order valence-electron chi connectivity index (χ2n) is 6.04. The third-order valence-electron chi connectivity index (χ3n) is 4.07. The molecule has 0 fully saturated rings. The molecule has 0 aliphatic carbocycles. The topological polar surface area (TPSA) is 90.9 Å². The molecule has 8 nitrogen and oxygen atoms in total. The first kappa shape index (κ1) is 18.0. The van der Waals surface area contributed by atoms with Crippen LogP contribution in [0.2, 0.25) is 0 Å². The van der Waals surface area contributed by atoms with Crippen molar-refractivity contribution in [1.82, 2.24) is 18.7 Å². The van der Waals surface area contributed by atoms with E-state index in [0.29, 0.717) is 16.3 Å². The largest absolute Gasteiger partial charge is 0.332 e. The van der Waals surface area contributed by atoms with Gasteiger partial charge in [0.15, 0.2) is 16.3 Å². The average Bonchev–Trinajstić information content (AvgIpc) is 2.93. The quantitative estimate of drug-likeness (QED) is 0.689. The smallest absolute Gasteiger partial charge is 0.325 e. The number of nitrogens with zero attached hydrogens (tertiary/aromatic N) is 4. The Balaban J connectivity index is 1.84. The van der Waals surface area contributed by atoms with Gasteiger partial charge in [-0.1, -0.05) is 23.9 Å². The molecule has 3 rings (SSSR count). The lowest BCUT2D eigenvalue weighted by molar-refractivity contribution is -0.113. The maximum atomic E-state index is 12.3. The summed E-state index contributed by atoms with van der Waals surface area (Å²) in [5.74, 6) is -0.0335. The third-order valence-corrected chi connectivity index (χ3v) is 5.10. The Morgan fingerprint density at radius 3 is 2.58 bits per heavy atom. The summed E-state index contributed by atoms with van der Waals surface area (Å²) in [6.07, 6.45) is 0. The molecule has 26 heavy (non-hydrogen) atoms. The van der Waals surface area contributed by atoms with Crippen molar-refractivity contribution < 1.29 is 4.79 Å². The molecule has 0 spiro atoms. The van der Waals surface area contributed by atoms with Crippen molar-refractivity contribution in [3.8, 4) is 0 Å². The molecule has 0 saturated heterocycles. The summed E-state index contributed by atoms with van der Waals surface area (Å²) in [7, 11) is 4.69. The molecule has 136 valence electrons. The van der Waals surface area contributed by atoms with E-state index in [-0.39, 0.29) is 11.7 Å². The number of imidazole rings is 1. The summed E-state index contributed by atoms with van der Waals surface area (Å²) in [6, 6.07) is 7.54.